The summed E-state index contributed by atoms with van der Waals surface area (Å²) in [6.45, 7) is 0.320. The van der Waals surface area contributed by atoms with Crippen molar-refractivity contribution in [1.82, 2.24) is 19.9 Å². The van der Waals surface area contributed by atoms with Crippen LogP contribution in [-0.2, 0) is 4.79 Å². The fraction of sp³-hybridized carbons (Fsp3) is 0.250. The number of methoxy groups -OCH3 is 1. The summed E-state index contributed by atoms with van der Waals surface area (Å²) in [6.07, 6.45) is 5.45. The Hall–Kier alpha value is -3.36. The Morgan fingerprint density at radius 3 is 2.84 bits per heavy atom. The van der Waals surface area contributed by atoms with E-state index in [0.29, 0.717) is 29.6 Å². The monoisotopic (exact) mass is 340 g/mol. The molecule has 0 spiro atoms. The summed E-state index contributed by atoms with van der Waals surface area (Å²) >= 11 is 0. The van der Waals surface area contributed by atoms with E-state index in [1.807, 2.05) is 12.1 Å². The number of carbonyl (C=O) groups is 1. The molecule has 2 heterocycles. The van der Waals surface area contributed by atoms with Gasteiger partial charge in [0.1, 0.15) is 29.2 Å². The molecular weight excluding hydrogens is 324 g/mol. The number of hydrogen-bond acceptors (Lipinski definition) is 8. The maximum atomic E-state index is 10.5. The van der Waals surface area contributed by atoms with Crippen molar-refractivity contribution in [2.75, 3.05) is 17.7 Å². The van der Waals surface area contributed by atoms with Crippen LogP contribution < -0.4 is 20.2 Å². The van der Waals surface area contributed by atoms with Gasteiger partial charge >= 0.3 is 6.47 Å². The lowest BCUT2D eigenvalue weighted by Gasteiger charge is -2.12. The third kappa shape index (κ3) is 3.16. The highest BCUT2D eigenvalue weighted by Crippen LogP contribution is 2.32. The number of ether oxygens (including phenoxy) is 1. The molecular formula is C16H16N6O3. The van der Waals surface area contributed by atoms with Gasteiger partial charge in [0.25, 0.3) is 0 Å². The van der Waals surface area contributed by atoms with Gasteiger partial charge in [0.2, 0.25) is 0 Å². The minimum absolute atomic E-state index is 0.320. The summed E-state index contributed by atoms with van der Waals surface area (Å²) in [5.74, 6) is 2.00. The maximum Gasteiger partial charge on any atom is 0.323 e. The predicted octanol–water partition coefficient (Wildman–Crippen LogP) is 1.74. The molecule has 2 aromatic heterocycles. The molecule has 0 radical (unpaired) electrons. The van der Waals surface area contributed by atoms with Gasteiger partial charge in [0.05, 0.1) is 19.0 Å². The first-order chi connectivity index (χ1) is 12.3. The minimum atomic E-state index is 0.320. The van der Waals surface area contributed by atoms with Crippen molar-refractivity contribution >= 4 is 34.7 Å². The second kappa shape index (κ2) is 6.27. The van der Waals surface area contributed by atoms with Gasteiger partial charge in [0, 0.05) is 23.6 Å². The lowest BCUT2D eigenvalue weighted by Crippen LogP contribution is -2.10. The molecule has 1 aliphatic rings. The number of aromatic nitrogens is 4. The van der Waals surface area contributed by atoms with Gasteiger partial charge in [-0.05, 0) is 18.9 Å². The summed E-state index contributed by atoms with van der Waals surface area (Å²) in [5, 5.41) is 11.4. The first kappa shape index (κ1) is 15.2. The predicted molar refractivity (Wildman–Crippen MR) is 90.9 cm³/mol. The number of rotatable bonds is 7. The van der Waals surface area contributed by atoms with E-state index < -0.39 is 0 Å². The van der Waals surface area contributed by atoms with E-state index in [1.165, 1.54) is 19.2 Å². The van der Waals surface area contributed by atoms with Gasteiger partial charge in [-0.25, -0.2) is 9.97 Å². The zero-order chi connectivity index (χ0) is 17.2. The van der Waals surface area contributed by atoms with Crippen molar-refractivity contribution in [1.29, 1.82) is 0 Å². The Kier molecular flexibility index (Phi) is 3.81. The van der Waals surface area contributed by atoms with Crippen LogP contribution >= 0.6 is 0 Å². The van der Waals surface area contributed by atoms with Crippen molar-refractivity contribution in [3.05, 3.63) is 30.7 Å². The summed E-state index contributed by atoms with van der Waals surface area (Å²) in [5.41, 5.74) is 1.34. The van der Waals surface area contributed by atoms with E-state index in [4.69, 9.17) is 9.57 Å². The highest BCUT2D eigenvalue weighted by molar-refractivity contribution is 5.87. The van der Waals surface area contributed by atoms with Crippen LogP contribution in [0.4, 0.5) is 17.3 Å². The Morgan fingerprint density at radius 1 is 1.24 bits per heavy atom. The second-order valence-corrected chi connectivity index (χ2v) is 5.66. The summed E-state index contributed by atoms with van der Waals surface area (Å²) in [4.78, 5) is 24.9. The molecule has 0 saturated heterocycles. The highest BCUT2D eigenvalue weighted by Gasteiger charge is 2.21. The van der Waals surface area contributed by atoms with E-state index in [0.717, 1.165) is 21.7 Å². The summed E-state index contributed by atoms with van der Waals surface area (Å²) in [6, 6.07) is 5.94. The molecule has 2 N–H and O–H groups in total. The van der Waals surface area contributed by atoms with Gasteiger partial charge in [-0.1, -0.05) is 4.85 Å². The SMILES string of the molecule is COc1cc2c(cnn2OC=O)cc1Nc1cc(NC2CC2)ncn1. The number of nitrogens with zero attached hydrogens (tertiary/aromatic N) is 4. The molecule has 0 atom stereocenters. The van der Waals surface area contributed by atoms with Crippen LogP contribution in [0.5, 0.6) is 5.75 Å². The molecule has 0 aliphatic heterocycles. The van der Waals surface area contributed by atoms with Gasteiger partial charge in [-0.15, -0.1) is 5.10 Å². The van der Waals surface area contributed by atoms with Crippen molar-refractivity contribution in [2.24, 2.45) is 0 Å². The molecule has 128 valence electrons. The first-order valence-electron chi connectivity index (χ1n) is 7.79. The van der Waals surface area contributed by atoms with Gasteiger partial charge in [-0.3, -0.25) is 4.79 Å². The third-order valence-corrected chi connectivity index (χ3v) is 3.86. The van der Waals surface area contributed by atoms with Crippen LogP contribution in [-0.4, -0.2) is 39.5 Å². The van der Waals surface area contributed by atoms with E-state index in [-0.39, 0.29) is 0 Å². The molecule has 0 unspecified atom stereocenters. The lowest BCUT2D eigenvalue weighted by atomic mass is 10.2. The summed E-state index contributed by atoms with van der Waals surface area (Å²) in [7, 11) is 1.56. The van der Waals surface area contributed by atoms with E-state index in [1.54, 1.807) is 19.4 Å². The van der Waals surface area contributed by atoms with E-state index in [9.17, 15) is 4.79 Å². The van der Waals surface area contributed by atoms with Crippen LogP contribution in [0.25, 0.3) is 10.9 Å². The quantitative estimate of drug-likeness (QED) is 0.627. The van der Waals surface area contributed by atoms with Crippen molar-refractivity contribution in [3.8, 4) is 5.75 Å². The molecule has 1 saturated carbocycles. The van der Waals surface area contributed by atoms with Crippen molar-refractivity contribution in [3.63, 3.8) is 0 Å². The zero-order valence-electron chi connectivity index (χ0n) is 13.5. The molecule has 1 fully saturated rings. The Labute approximate surface area is 142 Å². The third-order valence-electron chi connectivity index (χ3n) is 3.86. The lowest BCUT2D eigenvalue weighted by molar-refractivity contribution is -0.130. The standard InChI is InChI=1S/C16H16N6O3/c1-24-14-5-13-10(7-19-22(13)25-9-23)4-12(14)21-16-6-15(17-8-18-16)20-11-2-3-11/h4-9,11H,2-3H2,1H3,(H2,17,18,20,21). The molecule has 9 heteroatoms. The Bertz CT molecular complexity index is 921. The molecule has 9 nitrogen and oxygen atoms in total. The van der Waals surface area contributed by atoms with Gasteiger partial charge in [-0.2, -0.15) is 0 Å². The zero-order valence-corrected chi connectivity index (χ0v) is 13.5. The van der Waals surface area contributed by atoms with Gasteiger partial charge in [0.15, 0.2) is 0 Å². The average Bonchev–Trinajstić information content (AvgIpc) is 3.35. The number of fused-ring (bicyclic) bond motifs is 1. The number of carbonyl (C=O) groups excluding carboxylic acids is 1. The van der Waals surface area contributed by atoms with Crippen LogP contribution in [0.15, 0.2) is 30.7 Å². The van der Waals surface area contributed by atoms with Crippen LogP contribution in [0.1, 0.15) is 12.8 Å². The van der Waals surface area contributed by atoms with E-state index in [2.05, 4.69) is 25.7 Å². The number of hydrogen-bond donors (Lipinski definition) is 2. The van der Waals surface area contributed by atoms with Crippen LogP contribution in [0.2, 0.25) is 0 Å². The molecule has 1 aromatic carbocycles. The minimum Gasteiger partial charge on any atom is -0.494 e. The molecule has 0 amide bonds. The fourth-order valence-corrected chi connectivity index (χ4v) is 2.50. The summed E-state index contributed by atoms with van der Waals surface area (Å²) < 4.78 is 5.43. The topological polar surface area (TPSA) is 103 Å². The van der Waals surface area contributed by atoms with Crippen molar-refractivity contribution < 1.29 is 14.4 Å². The molecule has 0 bridgehead atoms. The maximum absolute atomic E-state index is 10.5. The smallest absolute Gasteiger partial charge is 0.323 e. The van der Waals surface area contributed by atoms with Crippen LogP contribution in [0.3, 0.4) is 0 Å². The fourth-order valence-electron chi connectivity index (χ4n) is 2.50. The highest BCUT2D eigenvalue weighted by atomic mass is 16.7. The Balaban J connectivity index is 1.65. The van der Waals surface area contributed by atoms with E-state index >= 15 is 0 Å². The normalized spacial score (nSPS) is 13.5. The number of nitrogens with one attached hydrogen (secondary N) is 2. The molecule has 1 aliphatic carbocycles. The van der Waals surface area contributed by atoms with Crippen molar-refractivity contribution in [2.45, 2.75) is 18.9 Å². The average molecular weight is 340 g/mol. The number of benzene rings is 1. The van der Waals surface area contributed by atoms with Gasteiger partial charge < -0.3 is 20.2 Å². The second-order valence-electron chi connectivity index (χ2n) is 5.66. The molecule has 25 heavy (non-hydrogen) atoms. The largest absolute Gasteiger partial charge is 0.494 e. The van der Waals surface area contributed by atoms with Crippen LogP contribution in [0, 0.1) is 0 Å². The Morgan fingerprint density at radius 2 is 2.08 bits per heavy atom. The molecule has 4 rings (SSSR count). The first-order valence-corrected chi connectivity index (χ1v) is 7.79. The number of anilines is 3. The molecule has 3 aromatic rings.